The highest BCUT2D eigenvalue weighted by molar-refractivity contribution is 5.23. The van der Waals surface area contributed by atoms with Crippen LogP contribution in [0.15, 0.2) is 17.1 Å². The highest BCUT2D eigenvalue weighted by atomic mass is 16.6. The summed E-state index contributed by atoms with van der Waals surface area (Å²) in [5.74, 6) is 0.134. The Bertz CT molecular complexity index is 475. The molecule has 2 rings (SSSR count). The first-order valence-corrected chi connectivity index (χ1v) is 5.28. The zero-order valence-electron chi connectivity index (χ0n) is 9.41. The van der Waals surface area contributed by atoms with Gasteiger partial charge in [0.05, 0.1) is 12.7 Å². The second-order valence-electron chi connectivity index (χ2n) is 4.34. The van der Waals surface area contributed by atoms with E-state index in [0.29, 0.717) is 0 Å². The first kappa shape index (κ1) is 12.0. The Morgan fingerprint density at radius 2 is 2.47 bits per heavy atom. The van der Waals surface area contributed by atoms with E-state index in [9.17, 15) is 9.90 Å². The number of ether oxygens (including phenoxy) is 1. The molecule has 2 heterocycles. The molecule has 0 aliphatic carbocycles. The number of aliphatic hydroxyl groups excluding tert-OH is 2. The average molecular weight is 241 g/mol. The van der Waals surface area contributed by atoms with Crippen LogP contribution in [0.3, 0.4) is 0 Å². The summed E-state index contributed by atoms with van der Waals surface area (Å²) >= 11 is 0. The van der Waals surface area contributed by atoms with Gasteiger partial charge in [-0.3, -0.25) is 4.57 Å². The fraction of sp³-hybridized carbons (Fsp3) is 0.600. The molecule has 17 heavy (non-hydrogen) atoms. The number of hydrogen-bond acceptors (Lipinski definition) is 6. The van der Waals surface area contributed by atoms with Gasteiger partial charge in [-0.1, -0.05) is 0 Å². The quantitative estimate of drug-likeness (QED) is 0.603. The highest BCUT2D eigenvalue weighted by Crippen LogP contribution is 2.35. The zero-order chi connectivity index (χ0) is 12.6. The summed E-state index contributed by atoms with van der Waals surface area (Å²) in [4.78, 5) is 15.2. The molecule has 0 aromatic carbocycles. The summed E-state index contributed by atoms with van der Waals surface area (Å²) in [7, 11) is 0. The van der Waals surface area contributed by atoms with E-state index in [-0.39, 0.29) is 18.8 Å². The lowest BCUT2D eigenvalue weighted by atomic mass is 10.0. The highest BCUT2D eigenvalue weighted by Gasteiger charge is 2.44. The minimum absolute atomic E-state index is 0.134. The zero-order valence-corrected chi connectivity index (χ0v) is 9.41. The maximum atomic E-state index is 11.6. The molecule has 0 radical (unpaired) electrons. The number of nitrogens with zero attached hydrogens (tertiary/aromatic N) is 2. The van der Waals surface area contributed by atoms with Gasteiger partial charge < -0.3 is 20.7 Å². The lowest BCUT2D eigenvalue weighted by molar-refractivity contribution is -0.116. The molecule has 1 aromatic heterocycles. The monoisotopic (exact) mass is 241 g/mol. The molecule has 4 N–H and O–H groups in total. The molecule has 94 valence electrons. The molecule has 0 spiro atoms. The largest absolute Gasteiger partial charge is 0.393 e. The van der Waals surface area contributed by atoms with Gasteiger partial charge in [0.2, 0.25) is 0 Å². The topological polar surface area (TPSA) is 111 Å². The molecule has 3 atom stereocenters. The minimum Gasteiger partial charge on any atom is -0.393 e. The van der Waals surface area contributed by atoms with Gasteiger partial charge in [-0.2, -0.15) is 4.98 Å². The molecule has 1 aromatic rings. The number of nitrogens with two attached hydrogens (primary N) is 1. The third kappa shape index (κ3) is 2.04. The number of aliphatic hydroxyl groups is 2. The van der Waals surface area contributed by atoms with Crippen LogP contribution < -0.4 is 11.4 Å². The fourth-order valence-electron chi connectivity index (χ4n) is 1.84. The molecule has 0 bridgehead atoms. The van der Waals surface area contributed by atoms with Gasteiger partial charge in [-0.15, -0.1) is 0 Å². The van der Waals surface area contributed by atoms with Crippen molar-refractivity contribution in [1.82, 2.24) is 9.55 Å². The number of anilines is 1. The number of aromatic nitrogens is 2. The summed E-state index contributed by atoms with van der Waals surface area (Å²) in [6, 6.07) is 1.48. The maximum Gasteiger partial charge on any atom is 0.351 e. The van der Waals surface area contributed by atoms with Crippen molar-refractivity contribution in [2.45, 2.75) is 31.3 Å². The maximum absolute atomic E-state index is 11.6. The predicted molar refractivity (Wildman–Crippen MR) is 59.1 cm³/mol. The third-order valence-electron chi connectivity index (χ3n) is 3.01. The lowest BCUT2D eigenvalue weighted by Gasteiger charge is -2.24. The number of rotatable bonds is 2. The van der Waals surface area contributed by atoms with Crippen LogP contribution in [-0.4, -0.2) is 38.1 Å². The summed E-state index contributed by atoms with van der Waals surface area (Å²) < 4.78 is 6.75. The van der Waals surface area contributed by atoms with Crippen LogP contribution in [0.2, 0.25) is 0 Å². The predicted octanol–water partition coefficient (Wildman–Crippen LogP) is -1.14. The van der Waals surface area contributed by atoms with Crippen LogP contribution in [0.5, 0.6) is 0 Å². The summed E-state index contributed by atoms with van der Waals surface area (Å²) in [5, 5.41) is 18.9. The molecule has 1 unspecified atom stereocenters. The van der Waals surface area contributed by atoms with E-state index in [1.165, 1.54) is 16.8 Å². The van der Waals surface area contributed by atoms with E-state index in [2.05, 4.69) is 4.98 Å². The van der Waals surface area contributed by atoms with E-state index in [1.54, 1.807) is 6.92 Å². The molecular weight excluding hydrogens is 226 g/mol. The molecule has 0 amide bonds. The molecule has 1 fully saturated rings. The van der Waals surface area contributed by atoms with Crippen LogP contribution in [0.25, 0.3) is 0 Å². The Balaban J connectivity index is 2.29. The van der Waals surface area contributed by atoms with Crippen molar-refractivity contribution in [2.75, 3.05) is 12.3 Å². The van der Waals surface area contributed by atoms with Gasteiger partial charge in [-0.25, -0.2) is 4.79 Å². The van der Waals surface area contributed by atoms with Crippen LogP contribution in [0.4, 0.5) is 5.82 Å². The molecule has 1 aliphatic rings. The van der Waals surface area contributed by atoms with Crippen molar-refractivity contribution in [3.63, 3.8) is 0 Å². The van der Waals surface area contributed by atoms with Gasteiger partial charge in [-0.05, 0) is 13.0 Å². The van der Waals surface area contributed by atoms with Crippen molar-refractivity contribution < 1.29 is 14.9 Å². The normalized spacial score (nSPS) is 32.9. The average Bonchev–Trinajstić information content (AvgIpc) is 2.56. The summed E-state index contributed by atoms with van der Waals surface area (Å²) in [6.45, 7) is 1.27. The summed E-state index contributed by atoms with van der Waals surface area (Å²) in [6.07, 6.45) is 0.220. The Hall–Kier alpha value is -1.44. The minimum atomic E-state index is -1.05. The van der Waals surface area contributed by atoms with E-state index in [0.717, 1.165) is 0 Å². The third-order valence-corrected chi connectivity index (χ3v) is 3.01. The first-order chi connectivity index (χ1) is 7.96. The molecule has 7 nitrogen and oxygen atoms in total. The standard InChI is InChI=1S/C10H15N3O4/c1-10(5-14)6(15)4-8(17-10)13-3-2-7(11)12-9(13)16/h2-3,6,8,14-15H,4-5H2,1H3,(H2,11,12,16)/t6?,8-,10-/m1/s1. The fourth-order valence-corrected chi connectivity index (χ4v) is 1.84. The molecular formula is C10H15N3O4. The Morgan fingerprint density at radius 1 is 1.76 bits per heavy atom. The van der Waals surface area contributed by atoms with Crippen LogP contribution in [0, 0.1) is 0 Å². The van der Waals surface area contributed by atoms with Gasteiger partial charge in [0.15, 0.2) is 0 Å². The second-order valence-corrected chi connectivity index (χ2v) is 4.34. The van der Waals surface area contributed by atoms with E-state index in [1.807, 2.05) is 0 Å². The van der Waals surface area contributed by atoms with Crippen molar-refractivity contribution >= 4 is 5.82 Å². The Kier molecular flexibility index (Phi) is 2.90. The Labute approximate surface area is 97.5 Å². The lowest BCUT2D eigenvalue weighted by Crippen LogP contribution is -2.39. The summed E-state index contributed by atoms with van der Waals surface area (Å²) in [5.41, 5.74) is 3.79. The smallest absolute Gasteiger partial charge is 0.351 e. The molecule has 1 saturated heterocycles. The van der Waals surface area contributed by atoms with E-state index < -0.39 is 23.6 Å². The number of nitrogen functional groups attached to an aromatic ring is 1. The van der Waals surface area contributed by atoms with E-state index in [4.69, 9.17) is 15.6 Å². The molecule has 7 heteroatoms. The van der Waals surface area contributed by atoms with Gasteiger partial charge in [0.1, 0.15) is 17.6 Å². The van der Waals surface area contributed by atoms with Crippen LogP contribution in [0.1, 0.15) is 19.6 Å². The number of hydrogen-bond donors (Lipinski definition) is 3. The SMILES string of the molecule is C[C@]1(CO)O[C@@H](n2ccc(N)nc2=O)CC1O. The van der Waals surface area contributed by atoms with Crippen LogP contribution >= 0.6 is 0 Å². The van der Waals surface area contributed by atoms with Crippen molar-refractivity contribution in [1.29, 1.82) is 0 Å². The van der Waals surface area contributed by atoms with Gasteiger partial charge >= 0.3 is 5.69 Å². The van der Waals surface area contributed by atoms with Gasteiger partial charge in [0, 0.05) is 12.6 Å². The van der Waals surface area contributed by atoms with E-state index >= 15 is 0 Å². The second kappa shape index (κ2) is 4.10. The Morgan fingerprint density at radius 3 is 3.00 bits per heavy atom. The molecule has 1 aliphatic heterocycles. The van der Waals surface area contributed by atoms with Crippen LogP contribution in [-0.2, 0) is 4.74 Å². The first-order valence-electron chi connectivity index (χ1n) is 5.28. The van der Waals surface area contributed by atoms with Gasteiger partial charge in [0.25, 0.3) is 0 Å². The molecule has 0 saturated carbocycles. The van der Waals surface area contributed by atoms with Crippen molar-refractivity contribution in [2.24, 2.45) is 0 Å². The van der Waals surface area contributed by atoms with Crippen molar-refractivity contribution in [3.8, 4) is 0 Å². The van der Waals surface area contributed by atoms with Crippen molar-refractivity contribution in [3.05, 3.63) is 22.7 Å².